The van der Waals surface area contributed by atoms with Crippen molar-refractivity contribution in [2.75, 3.05) is 31.2 Å². The summed E-state index contributed by atoms with van der Waals surface area (Å²) in [6, 6.07) is 3.82. The Balaban J connectivity index is 2.06. The number of aliphatic hydroxyl groups is 1. The average molecular weight is 282 g/mol. The molecule has 4 nitrogen and oxygen atoms in total. The lowest BCUT2D eigenvalue weighted by molar-refractivity contribution is 0.0158. The van der Waals surface area contributed by atoms with Gasteiger partial charge in [0.15, 0.2) is 11.6 Å². The molecule has 1 N–H and O–H groups in total. The summed E-state index contributed by atoms with van der Waals surface area (Å²) in [6.45, 7) is 1.22. The van der Waals surface area contributed by atoms with Gasteiger partial charge < -0.3 is 14.7 Å². The minimum atomic E-state index is -0.712. The number of benzene rings is 1. The Bertz CT molecular complexity index is 485. The van der Waals surface area contributed by atoms with E-state index < -0.39 is 11.6 Å². The first kappa shape index (κ1) is 14.7. The maximum atomic E-state index is 13.9. The molecule has 1 aromatic rings. The smallest absolute Gasteiger partial charge is 0.150 e. The lowest BCUT2D eigenvalue weighted by atomic mass is 10.1. The second-order valence-electron chi connectivity index (χ2n) is 4.68. The Morgan fingerprint density at radius 2 is 1.90 bits per heavy atom. The third-order valence-electron chi connectivity index (χ3n) is 3.35. The molecule has 1 aliphatic heterocycles. The van der Waals surface area contributed by atoms with Gasteiger partial charge in [-0.25, -0.2) is 8.78 Å². The van der Waals surface area contributed by atoms with E-state index in [1.807, 2.05) is 0 Å². The van der Waals surface area contributed by atoms with Crippen LogP contribution >= 0.6 is 0 Å². The number of nitriles is 1. The summed E-state index contributed by atoms with van der Waals surface area (Å²) in [5.74, 6) is -1.42. The molecule has 0 atom stereocenters. The van der Waals surface area contributed by atoms with E-state index in [0.29, 0.717) is 25.9 Å². The van der Waals surface area contributed by atoms with Crippen molar-refractivity contribution in [3.63, 3.8) is 0 Å². The van der Waals surface area contributed by atoms with Gasteiger partial charge in [-0.3, -0.25) is 0 Å². The third-order valence-corrected chi connectivity index (χ3v) is 3.35. The van der Waals surface area contributed by atoms with Gasteiger partial charge in [-0.05, 0) is 25.0 Å². The molecule has 0 aromatic heterocycles. The monoisotopic (exact) mass is 282 g/mol. The van der Waals surface area contributed by atoms with Crippen LogP contribution < -0.4 is 4.90 Å². The van der Waals surface area contributed by atoms with E-state index in [1.165, 1.54) is 0 Å². The van der Waals surface area contributed by atoms with Gasteiger partial charge in [0.05, 0.1) is 31.0 Å². The first-order valence-electron chi connectivity index (χ1n) is 6.52. The van der Waals surface area contributed by atoms with Gasteiger partial charge in [-0.2, -0.15) is 5.26 Å². The van der Waals surface area contributed by atoms with Crippen LogP contribution in [0.15, 0.2) is 12.1 Å². The molecule has 1 aliphatic rings. The molecule has 0 radical (unpaired) electrons. The fourth-order valence-corrected chi connectivity index (χ4v) is 2.40. The summed E-state index contributed by atoms with van der Waals surface area (Å²) in [4.78, 5) is 1.63. The fraction of sp³-hybridized carbons (Fsp3) is 0.500. The van der Waals surface area contributed by atoms with Crippen molar-refractivity contribution in [3.8, 4) is 6.07 Å². The van der Waals surface area contributed by atoms with Crippen molar-refractivity contribution in [1.82, 2.24) is 0 Å². The van der Waals surface area contributed by atoms with Crippen molar-refractivity contribution in [1.29, 1.82) is 5.26 Å². The molecule has 0 unspecified atom stereocenters. The number of ether oxygens (including phenoxy) is 1. The molecule has 1 heterocycles. The Hall–Kier alpha value is -1.71. The molecule has 1 saturated heterocycles. The molecular formula is C14H16F2N2O2. The van der Waals surface area contributed by atoms with Gasteiger partial charge >= 0.3 is 0 Å². The normalized spacial score (nSPS) is 16.2. The molecule has 2 rings (SSSR count). The topological polar surface area (TPSA) is 56.5 Å². The van der Waals surface area contributed by atoms with E-state index in [0.717, 1.165) is 12.1 Å². The molecule has 0 aliphatic carbocycles. The van der Waals surface area contributed by atoms with Crippen molar-refractivity contribution in [3.05, 3.63) is 29.3 Å². The number of anilines is 1. The molecule has 0 bridgehead atoms. The van der Waals surface area contributed by atoms with Crippen LogP contribution in [0.5, 0.6) is 0 Å². The van der Waals surface area contributed by atoms with Gasteiger partial charge in [-0.1, -0.05) is 0 Å². The van der Waals surface area contributed by atoms with Crippen LogP contribution in [0.2, 0.25) is 0 Å². The van der Waals surface area contributed by atoms with Crippen LogP contribution in [-0.2, 0) is 4.74 Å². The van der Waals surface area contributed by atoms with Crippen molar-refractivity contribution >= 4 is 5.69 Å². The highest BCUT2D eigenvalue weighted by Crippen LogP contribution is 2.28. The lowest BCUT2D eigenvalue weighted by Crippen LogP contribution is -2.38. The summed E-state index contributed by atoms with van der Waals surface area (Å²) in [5, 5.41) is 17.4. The molecular weight excluding hydrogens is 266 g/mol. The van der Waals surface area contributed by atoms with E-state index in [4.69, 9.17) is 15.1 Å². The maximum Gasteiger partial charge on any atom is 0.150 e. The molecule has 20 heavy (non-hydrogen) atoms. The fourth-order valence-electron chi connectivity index (χ4n) is 2.40. The van der Waals surface area contributed by atoms with Crippen LogP contribution in [-0.4, -0.2) is 37.5 Å². The molecule has 0 spiro atoms. The number of halogens is 2. The van der Waals surface area contributed by atoms with Gasteiger partial charge in [0, 0.05) is 13.1 Å². The highest BCUT2D eigenvalue weighted by atomic mass is 19.1. The largest absolute Gasteiger partial charge is 0.394 e. The highest BCUT2D eigenvalue weighted by Gasteiger charge is 2.24. The maximum absolute atomic E-state index is 13.9. The Labute approximate surface area is 116 Å². The summed E-state index contributed by atoms with van der Waals surface area (Å²) >= 11 is 0. The highest BCUT2D eigenvalue weighted by molar-refractivity contribution is 5.52. The van der Waals surface area contributed by atoms with Crippen LogP contribution in [0.4, 0.5) is 14.5 Å². The van der Waals surface area contributed by atoms with Crippen LogP contribution in [0, 0.1) is 23.0 Å². The Kier molecular flexibility index (Phi) is 4.88. The standard InChI is InChI=1S/C14H16F2N2O2/c15-12-7-10(9-17)8-13(16)14(12)18-3-1-11(2-4-18)20-6-5-19/h7-8,11,19H,1-6H2. The minimum Gasteiger partial charge on any atom is -0.394 e. The van der Waals surface area contributed by atoms with E-state index >= 15 is 0 Å². The van der Waals surface area contributed by atoms with E-state index in [1.54, 1.807) is 11.0 Å². The van der Waals surface area contributed by atoms with E-state index in [2.05, 4.69) is 0 Å². The van der Waals surface area contributed by atoms with Crippen molar-refractivity contribution < 1.29 is 18.6 Å². The predicted molar refractivity (Wildman–Crippen MR) is 69.3 cm³/mol. The average Bonchev–Trinajstić information content (AvgIpc) is 2.45. The Morgan fingerprint density at radius 1 is 1.30 bits per heavy atom. The Morgan fingerprint density at radius 3 is 2.40 bits per heavy atom. The third kappa shape index (κ3) is 3.24. The van der Waals surface area contributed by atoms with Crippen LogP contribution in [0.25, 0.3) is 0 Å². The zero-order chi connectivity index (χ0) is 14.5. The lowest BCUT2D eigenvalue weighted by Gasteiger charge is -2.33. The van der Waals surface area contributed by atoms with Gasteiger partial charge in [-0.15, -0.1) is 0 Å². The zero-order valence-corrected chi connectivity index (χ0v) is 11.0. The van der Waals surface area contributed by atoms with Crippen molar-refractivity contribution in [2.45, 2.75) is 18.9 Å². The predicted octanol–water partition coefficient (Wildman–Crippen LogP) is 1.81. The molecule has 1 fully saturated rings. The van der Waals surface area contributed by atoms with Crippen molar-refractivity contribution in [2.24, 2.45) is 0 Å². The second-order valence-corrected chi connectivity index (χ2v) is 4.68. The first-order valence-corrected chi connectivity index (χ1v) is 6.52. The molecule has 0 saturated carbocycles. The summed E-state index contributed by atoms with van der Waals surface area (Å²) in [7, 11) is 0. The van der Waals surface area contributed by atoms with Gasteiger partial charge in [0.1, 0.15) is 5.69 Å². The number of hydrogen-bond acceptors (Lipinski definition) is 4. The first-order chi connectivity index (χ1) is 9.65. The molecule has 6 heteroatoms. The number of rotatable bonds is 4. The van der Waals surface area contributed by atoms with Gasteiger partial charge in [0.2, 0.25) is 0 Å². The number of hydrogen-bond donors (Lipinski definition) is 1. The number of nitrogens with zero attached hydrogens (tertiary/aromatic N) is 2. The van der Waals surface area contributed by atoms with Crippen LogP contribution in [0.1, 0.15) is 18.4 Å². The second kappa shape index (κ2) is 6.64. The van der Waals surface area contributed by atoms with E-state index in [9.17, 15) is 8.78 Å². The summed E-state index contributed by atoms with van der Waals surface area (Å²) < 4.78 is 33.2. The van der Waals surface area contributed by atoms with E-state index in [-0.39, 0.29) is 30.6 Å². The number of piperidine rings is 1. The minimum absolute atomic E-state index is 0.0166. The SMILES string of the molecule is N#Cc1cc(F)c(N2CCC(OCCO)CC2)c(F)c1. The zero-order valence-electron chi connectivity index (χ0n) is 11.0. The molecule has 1 aromatic carbocycles. The summed E-state index contributed by atoms with van der Waals surface area (Å²) in [5.41, 5.74) is -0.102. The van der Waals surface area contributed by atoms with Gasteiger partial charge in [0.25, 0.3) is 0 Å². The quantitative estimate of drug-likeness (QED) is 0.915. The number of aliphatic hydroxyl groups excluding tert-OH is 1. The molecule has 108 valence electrons. The molecule has 0 amide bonds. The van der Waals surface area contributed by atoms with Crippen LogP contribution in [0.3, 0.4) is 0 Å². The summed E-state index contributed by atoms with van der Waals surface area (Å²) in [6.07, 6.45) is 1.32.